The maximum absolute atomic E-state index is 5.86. The molecule has 1 aromatic rings. The highest BCUT2D eigenvalue weighted by Gasteiger charge is 2.34. The largest absolute Gasteiger partial charge is 0.347 e. The summed E-state index contributed by atoms with van der Waals surface area (Å²) in [7, 11) is 0. The average Bonchev–Trinajstić information content (AvgIpc) is 2.67. The fourth-order valence-electron chi connectivity index (χ4n) is 2.09. The zero-order valence-electron chi connectivity index (χ0n) is 10.3. The highest BCUT2D eigenvalue weighted by Crippen LogP contribution is 2.34. The third-order valence-electron chi connectivity index (χ3n) is 2.90. The van der Waals surface area contributed by atoms with E-state index in [1.54, 1.807) is 0 Å². The van der Waals surface area contributed by atoms with Crippen LogP contribution in [0.2, 0.25) is 0 Å². The molecule has 0 aromatic heterocycles. The van der Waals surface area contributed by atoms with Gasteiger partial charge in [-0.25, -0.2) is 5.90 Å². The van der Waals surface area contributed by atoms with E-state index < -0.39 is 5.79 Å². The van der Waals surface area contributed by atoms with Gasteiger partial charge in [0.1, 0.15) is 6.10 Å². The lowest BCUT2D eigenvalue weighted by Crippen LogP contribution is -2.20. The number of rotatable bonds is 4. The SMILES string of the molecule is CC1(C)OCC(c2ccccc2CCON)O1. The molecule has 0 aliphatic carbocycles. The van der Waals surface area contributed by atoms with Crippen molar-refractivity contribution in [1.82, 2.24) is 0 Å². The lowest BCUT2D eigenvalue weighted by atomic mass is 10.0. The fraction of sp³-hybridized carbons (Fsp3) is 0.538. The van der Waals surface area contributed by atoms with Crippen molar-refractivity contribution in [2.24, 2.45) is 5.90 Å². The first-order valence-electron chi connectivity index (χ1n) is 5.83. The van der Waals surface area contributed by atoms with E-state index in [2.05, 4.69) is 17.0 Å². The summed E-state index contributed by atoms with van der Waals surface area (Å²) >= 11 is 0. The lowest BCUT2D eigenvalue weighted by Gasteiger charge is -2.18. The fourth-order valence-corrected chi connectivity index (χ4v) is 2.09. The normalized spacial score (nSPS) is 22.9. The molecular weight excluding hydrogens is 218 g/mol. The molecule has 1 unspecified atom stereocenters. The summed E-state index contributed by atoms with van der Waals surface area (Å²) in [5, 5.41) is 0. The van der Waals surface area contributed by atoms with Crippen LogP contribution in [-0.4, -0.2) is 19.0 Å². The highest BCUT2D eigenvalue weighted by atomic mass is 16.7. The van der Waals surface area contributed by atoms with Crippen LogP contribution in [0.25, 0.3) is 0 Å². The summed E-state index contributed by atoms with van der Waals surface area (Å²) in [4.78, 5) is 4.63. The molecular formula is C13H19NO3. The number of ether oxygens (including phenoxy) is 2. The van der Waals surface area contributed by atoms with Gasteiger partial charge in [0.05, 0.1) is 13.2 Å². The monoisotopic (exact) mass is 237 g/mol. The highest BCUT2D eigenvalue weighted by molar-refractivity contribution is 5.30. The van der Waals surface area contributed by atoms with Crippen molar-refractivity contribution in [2.75, 3.05) is 13.2 Å². The zero-order valence-corrected chi connectivity index (χ0v) is 10.3. The Bertz CT molecular complexity index is 379. The molecule has 0 radical (unpaired) electrons. The molecule has 2 N–H and O–H groups in total. The summed E-state index contributed by atoms with van der Waals surface area (Å²) < 4.78 is 11.4. The second kappa shape index (κ2) is 5.14. The summed E-state index contributed by atoms with van der Waals surface area (Å²) in [6, 6.07) is 8.16. The molecule has 0 bridgehead atoms. The molecule has 1 atom stereocenters. The maximum Gasteiger partial charge on any atom is 0.163 e. The van der Waals surface area contributed by atoms with E-state index >= 15 is 0 Å². The summed E-state index contributed by atoms with van der Waals surface area (Å²) in [6.45, 7) is 4.96. The van der Waals surface area contributed by atoms with Crippen molar-refractivity contribution < 1.29 is 14.3 Å². The predicted octanol–water partition coefficient (Wildman–Crippen LogP) is 1.94. The molecule has 1 aromatic carbocycles. The number of hydrogen-bond donors (Lipinski definition) is 1. The van der Waals surface area contributed by atoms with Crippen LogP contribution < -0.4 is 5.90 Å². The van der Waals surface area contributed by atoms with Crippen molar-refractivity contribution in [3.63, 3.8) is 0 Å². The minimum absolute atomic E-state index is 0.000950. The van der Waals surface area contributed by atoms with Gasteiger partial charge in [-0.05, 0) is 31.4 Å². The Kier molecular flexibility index (Phi) is 3.79. The Labute approximate surface area is 102 Å². The van der Waals surface area contributed by atoms with Crippen LogP contribution in [0.1, 0.15) is 31.1 Å². The lowest BCUT2D eigenvalue weighted by molar-refractivity contribution is -0.139. The minimum Gasteiger partial charge on any atom is -0.347 e. The Morgan fingerprint density at radius 1 is 1.41 bits per heavy atom. The van der Waals surface area contributed by atoms with Crippen LogP contribution in [0.4, 0.5) is 0 Å². The molecule has 1 aliphatic heterocycles. The van der Waals surface area contributed by atoms with E-state index in [1.165, 1.54) is 5.56 Å². The Morgan fingerprint density at radius 3 is 2.82 bits per heavy atom. The Hall–Kier alpha value is -0.940. The smallest absolute Gasteiger partial charge is 0.163 e. The van der Waals surface area contributed by atoms with Gasteiger partial charge in [0.25, 0.3) is 0 Å². The third kappa shape index (κ3) is 3.04. The zero-order chi connectivity index (χ0) is 12.3. The van der Waals surface area contributed by atoms with E-state index in [9.17, 15) is 0 Å². The van der Waals surface area contributed by atoms with Crippen molar-refractivity contribution >= 4 is 0 Å². The predicted molar refractivity (Wildman–Crippen MR) is 64.1 cm³/mol. The van der Waals surface area contributed by atoms with Crippen molar-refractivity contribution in [1.29, 1.82) is 0 Å². The molecule has 0 amide bonds. The third-order valence-corrected chi connectivity index (χ3v) is 2.90. The van der Waals surface area contributed by atoms with Gasteiger partial charge in [-0.15, -0.1) is 0 Å². The molecule has 4 heteroatoms. The van der Waals surface area contributed by atoms with Gasteiger partial charge in [-0.2, -0.15) is 0 Å². The van der Waals surface area contributed by atoms with Crippen molar-refractivity contribution in [3.05, 3.63) is 35.4 Å². The van der Waals surface area contributed by atoms with Crippen LogP contribution >= 0.6 is 0 Å². The topological polar surface area (TPSA) is 53.7 Å². The van der Waals surface area contributed by atoms with E-state index in [0.717, 1.165) is 12.0 Å². The van der Waals surface area contributed by atoms with Gasteiger partial charge in [-0.3, -0.25) is 0 Å². The average molecular weight is 237 g/mol. The number of hydrogen-bond acceptors (Lipinski definition) is 4. The van der Waals surface area contributed by atoms with Crippen LogP contribution in [-0.2, 0) is 20.7 Å². The summed E-state index contributed by atoms with van der Waals surface area (Å²) in [5.74, 6) is 4.57. The van der Waals surface area contributed by atoms with Gasteiger partial charge in [0.15, 0.2) is 5.79 Å². The van der Waals surface area contributed by atoms with E-state index in [-0.39, 0.29) is 6.10 Å². The van der Waals surface area contributed by atoms with Crippen molar-refractivity contribution in [2.45, 2.75) is 32.2 Å². The number of nitrogens with two attached hydrogens (primary N) is 1. The van der Waals surface area contributed by atoms with Crippen LogP contribution in [0, 0.1) is 0 Å². The van der Waals surface area contributed by atoms with Gasteiger partial charge in [-0.1, -0.05) is 24.3 Å². The standard InChI is InChI=1S/C13H19NO3/c1-13(2)15-9-12(17-13)11-6-4-3-5-10(11)7-8-16-14/h3-6,12H,7-9,14H2,1-2H3. The second-order valence-corrected chi connectivity index (χ2v) is 4.64. The molecule has 0 saturated carbocycles. The first-order valence-corrected chi connectivity index (χ1v) is 5.83. The van der Waals surface area contributed by atoms with Crippen LogP contribution in [0.15, 0.2) is 24.3 Å². The minimum atomic E-state index is -0.498. The molecule has 4 nitrogen and oxygen atoms in total. The molecule has 2 rings (SSSR count). The van der Waals surface area contributed by atoms with E-state index in [0.29, 0.717) is 13.2 Å². The molecule has 17 heavy (non-hydrogen) atoms. The molecule has 94 valence electrons. The first-order chi connectivity index (χ1) is 8.12. The van der Waals surface area contributed by atoms with Gasteiger partial charge >= 0.3 is 0 Å². The Morgan fingerprint density at radius 2 is 2.18 bits per heavy atom. The summed E-state index contributed by atoms with van der Waals surface area (Å²) in [5.41, 5.74) is 2.36. The molecule has 1 aliphatic rings. The quantitative estimate of drug-likeness (QED) is 0.813. The maximum atomic E-state index is 5.86. The van der Waals surface area contributed by atoms with Crippen LogP contribution in [0.3, 0.4) is 0 Å². The molecule has 1 saturated heterocycles. The van der Waals surface area contributed by atoms with Crippen LogP contribution in [0.5, 0.6) is 0 Å². The van der Waals surface area contributed by atoms with Gasteiger partial charge < -0.3 is 14.3 Å². The second-order valence-electron chi connectivity index (χ2n) is 4.64. The number of benzene rings is 1. The molecule has 1 fully saturated rings. The van der Waals surface area contributed by atoms with E-state index in [4.69, 9.17) is 15.4 Å². The van der Waals surface area contributed by atoms with E-state index in [1.807, 2.05) is 26.0 Å². The van der Waals surface area contributed by atoms with Crippen molar-refractivity contribution in [3.8, 4) is 0 Å². The first kappa shape index (κ1) is 12.5. The van der Waals surface area contributed by atoms with Gasteiger partial charge in [0.2, 0.25) is 0 Å². The molecule has 1 heterocycles. The Balaban J connectivity index is 2.15. The molecule has 0 spiro atoms. The van der Waals surface area contributed by atoms with Gasteiger partial charge in [0, 0.05) is 0 Å². The summed E-state index contributed by atoms with van der Waals surface area (Å²) in [6.07, 6.45) is 0.784.